The number of benzene rings is 1. The summed E-state index contributed by atoms with van der Waals surface area (Å²) in [5.74, 6) is 0.649. The van der Waals surface area contributed by atoms with Gasteiger partial charge in [-0.3, -0.25) is 9.78 Å². The van der Waals surface area contributed by atoms with E-state index in [1.54, 1.807) is 12.4 Å². The molecule has 0 radical (unpaired) electrons. The highest BCUT2D eigenvalue weighted by Gasteiger charge is 2.28. The Balaban J connectivity index is 1.57. The molecule has 3 aromatic rings. The van der Waals surface area contributed by atoms with Crippen LogP contribution in [0.2, 0.25) is 0 Å². The highest BCUT2D eigenvalue weighted by Crippen LogP contribution is 2.24. The number of hydrogen-bond acceptors (Lipinski definition) is 5. The number of piperidine rings is 1. The van der Waals surface area contributed by atoms with Crippen molar-refractivity contribution in [2.24, 2.45) is 0 Å². The minimum Gasteiger partial charge on any atom is -0.352 e. The second-order valence-electron chi connectivity index (χ2n) is 7.08. The third-order valence-corrected chi connectivity index (χ3v) is 5.49. The van der Waals surface area contributed by atoms with Crippen LogP contribution in [0.5, 0.6) is 0 Å². The molecule has 7 heteroatoms. The van der Waals surface area contributed by atoms with Crippen LogP contribution in [0, 0.1) is 6.92 Å². The van der Waals surface area contributed by atoms with E-state index in [0.29, 0.717) is 12.5 Å². The first-order chi connectivity index (χ1) is 13.6. The van der Waals surface area contributed by atoms with Gasteiger partial charge >= 0.3 is 0 Å². The molecule has 0 aliphatic carbocycles. The van der Waals surface area contributed by atoms with Crippen LogP contribution in [-0.4, -0.2) is 44.9 Å². The number of carbonyl (C=O) groups is 1. The molecule has 1 unspecified atom stereocenters. The topological polar surface area (TPSA) is 71.0 Å². The van der Waals surface area contributed by atoms with Crippen LogP contribution >= 0.6 is 15.9 Å². The lowest BCUT2D eigenvalue weighted by Crippen LogP contribution is -2.47. The summed E-state index contributed by atoms with van der Waals surface area (Å²) >= 11 is 3.34. The number of anilines is 1. The van der Waals surface area contributed by atoms with Crippen LogP contribution in [0.15, 0.2) is 47.2 Å². The number of aromatic nitrogens is 3. The Morgan fingerprint density at radius 3 is 2.86 bits per heavy atom. The number of carbonyl (C=O) groups excluding carboxylic acids is 1. The van der Waals surface area contributed by atoms with Crippen molar-refractivity contribution < 1.29 is 4.79 Å². The first kappa shape index (κ1) is 18.8. The van der Waals surface area contributed by atoms with Gasteiger partial charge in [0.2, 0.25) is 5.95 Å². The Labute approximate surface area is 172 Å². The van der Waals surface area contributed by atoms with Crippen molar-refractivity contribution in [3.63, 3.8) is 0 Å². The number of nitrogens with zero attached hydrogens (tertiary/aromatic N) is 4. The summed E-state index contributed by atoms with van der Waals surface area (Å²) in [6.45, 7) is 3.33. The molecular formula is C21H22BrN5O. The third kappa shape index (κ3) is 3.99. The van der Waals surface area contributed by atoms with E-state index in [2.05, 4.69) is 36.2 Å². The van der Waals surface area contributed by atoms with Gasteiger partial charge in [-0.25, -0.2) is 9.97 Å². The lowest BCUT2D eigenvalue weighted by molar-refractivity contribution is 0.0630. The van der Waals surface area contributed by atoms with E-state index < -0.39 is 0 Å². The molecule has 0 bridgehead atoms. The van der Waals surface area contributed by atoms with E-state index in [9.17, 15) is 4.79 Å². The maximum Gasteiger partial charge on any atom is 0.254 e. The van der Waals surface area contributed by atoms with Crippen LogP contribution in [-0.2, 0) is 0 Å². The number of halogens is 1. The molecule has 4 rings (SSSR count). The minimum absolute atomic E-state index is 0.0740. The fourth-order valence-corrected chi connectivity index (χ4v) is 3.94. The first-order valence-corrected chi connectivity index (χ1v) is 10.3. The summed E-state index contributed by atoms with van der Waals surface area (Å²) in [5, 5.41) is 4.19. The summed E-state index contributed by atoms with van der Waals surface area (Å²) in [6.07, 6.45) is 6.54. The van der Waals surface area contributed by atoms with Gasteiger partial charge in [0.05, 0.1) is 15.6 Å². The van der Waals surface area contributed by atoms with E-state index in [1.807, 2.05) is 42.2 Å². The van der Waals surface area contributed by atoms with Crippen LogP contribution < -0.4 is 5.32 Å². The van der Waals surface area contributed by atoms with Crippen molar-refractivity contribution in [1.82, 2.24) is 19.9 Å². The van der Waals surface area contributed by atoms with Gasteiger partial charge < -0.3 is 10.2 Å². The standard InChI is InChI=1S/C21H22BrN5O/c1-14-10-18(17-7-2-3-8-19(17)26-14)20(28)27-9-5-4-6-16(27)13-25-21-23-11-15(22)12-24-21/h2-3,7-8,10-12,16H,4-6,9,13H2,1H3,(H,23,24,25). The lowest BCUT2D eigenvalue weighted by Gasteiger charge is -2.36. The number of hydrogen-bond donors (Lipinski definition) is 1. The molecule has 28 heavy (non-hydrogen) atoms. The number of nitrogens with one attached hydrogen (secondary N) is 1. The van der Waals surface area contributed by atoms with E-state index in [1.165, 1.54) is 0 Å². The SMILES string of the molecule is Cc1cc(C(=O)N2CCCCC2CNc2ncc(Br)cn2)c2ccccc2n1. The van der Waals surface area contributed by atoms with Gasteiger partial charge in [-0.15, -0.1) is 0 Å². The number of aryl methyl sites for hydroxylation is 1. The molecule has 1 aliphatic heterocycles. The van der Waals surface area contributed by atoms with Crippen LogP contribution in [0.4, 0.5) is 5.95 Å². The average molecular weight is 440 g/mol. The molecule has 0 spiro atoms. The fraction of sp³-hybridized carbons (Fsp3) is 0.333. The van der Waals surface area contributed by atoms with E-state index >= 15 is 0 Å². The second kappa shape index (κ2) is 8.22. The normalized spacial score (nSPS) is 16.9. The predicted octanol–water partition coefficient (Wildman–Crippen LogP) is 4.20. The maximum atomic E-state index is 13.5. The maximum absolute atomic E-state index is 13.5. The number of likely N-dealkylation sites (tertiary alicyclic amines) is 1. The molecule has 2 aromatic heterocycles. The van der Waals surface area contributed by atoms with Crippen LogP contribution in [0.25, 0.3) is 10.9 Å². The largest absolute Gasteiger partial charge is 0.352 e. The van der Waals surface area contributed by atoms with Gasteiger partial charge in [-0.05, 0) is 54.2 Å². The summed E-state index contributed by atoms with van der Waals surface area (Å²) < 4.78 is 0.840. The zero-order valence-corrected chi connectivity index (χ0v) is 17.3. The van der Waals surface area contributed by atoms with Gasteiger partial charge in [-0.2, -0.15) is 0 Å². The molecule has 1 saturated heterocycles. The smallest absolute Gasteiger partial charge is 0.254 e. The molecule has 1 N–H and O–H groups in total. The second-order valence-corrected chi connectivity index (χ2v) is 8.00. The van der Waals surface area contributed by atoms with Gasteiger partial charge in [0.25, 0.3) is 5.91 Å². The van der Waals surface area contributed by atoms with Crippen LogP contribution in [0.1, 0.15) is 35.3 Å². The zero-order chi connectivity index (χ0) is 19.5. The van der Waals surface area contributed by atoms with Crippen molar-refractivity contribution in [3.05, 3.63) is 58.5 Å². The Kier molecular flexibility index (Phi) is 5.52. The highest BCUT2D eigenvalue weighted by atomic mass is 79.9. The zero-order valence-electron chi connectivity index (χ0n) is 15.7. The summed E-state index contributed by atoms with van der Waals surface area (Å²) in [7, 11) is 0. The summed E-state index contributed by atoms with van der Waals surface area (Å²) in [6, 6.07) is 9.86. The van der Waals surface area contributed by atoms with Crippen molar-refractivity contribution in [3.8, 4) is 0 Å². The molecule has 1 fully saturated rings. The summed E-state index contributed by atoms with van der Waals surface area (Å²) in [5.41, 5.74) is 2.45. The number of para-hydroxylation sites is 1. The molecule has 1 amide bonds. The van der Waals surface area contributed by atoms with Gasteiger partial charge in [0, 0.05) is 42.6 Å². The first-order valence-electron chi connectivity index (χ1n) is 9.50. The minimum atomic E-state index is 0.0740. The molecule has 6 nitrogen and oxygen atoms in total. The van der Waals surface area contributed by atoms with Crippen LogP contribution in [0.3, 0.4) is 0 Å². The van der Waals surface area contributed by atoms with Gasteiger partial charge in [-0.1, -0.05) is 18.2 Å². The highest BCUT2D eigenvalue weighted by molar-refractivity contribution is 9.10. The van der Waals surface area contributed by atoms with Crippen molar-refractivity contribution >= 4 is 38.7 Å². The average Bonchev–Trinajstić information content (AvgIpc) is 2.72. The molecule has 3 heterocycles. The van der Waals surface area contributed by atoms with Gasteiger partial charge in [0.1, 0.15) is 0 Å². The third-order valence-electron chi connectivity index (χ3n) is 5.08. The Morgan fingerprint density at radius 2 is 2.04 bits per heavy atom. The lowest BCUT2D eigenvalue weighted by atomic mass is 9.99. The molecule has 0 saturated carbocycles. The molecule has 144 valence electrons. The van der Waals surface area contributed by atoms with Crippen molar-refractivity contribution in [1.29, 1.82) is 0 Å². The van der Waals surface area contributed by atoms with Gasteiger partial charge in [0.15, 0.2) is 0 Å². The molecular weight excluding hydrogens is 418 g/mol. The van der Waals surface area contributed by atoms with E-state index in [0.717, 1.165) is 52.4 Å². The van der Waals surface area contributed by atoms with E-state index in [4.69, 9.17) is 0 Å². The number of pyridine rings is 1. The van der Waals surface area contributed by atoms with Crippen molar-refractivity contribution in [2.45, 2.75) is 32.2 Å². The number of amides is 1. The Hall–Kier alpha value is -2.54. The quantitative estimate of drug-likeness (QED) is 0.659. The Morgan fingerprint density at radius 1 is 1.25 bits per heavy atom. The Bertz CT molecular complexity index is 992. The molecule has 1 aromatic carbocycles. The monoisotopic (exact) mass is 439 g/mol. The molecule has 1 aliphatic rings. The fourth-order valence-electron chi connectivity index (χ4n) is 3.73. The summed E-state index contributed by atoms with van der Waals surface area (Å²) in [4.78, 5) is 28.5. The number of fused-ring (bicyclic) bond motifs is 1. The van der Waals surface area contributed by atoms with E-state index in [-0.39, 0.29) is 11.9 Å². The molecule has 1 atom stereocenters. The number of rotatable bonds is 4. The predicted molar refractivity (Wildman–Crippen MR) is 113 cm³/mol. The van der Waals surface area contributed by atoms with Crippen molar-refractivity contribution in [2.75, 3.05) is 18.4 Å².